The molecule has 1 heterocycles. The lowest BCUT2D eigenvalue weighted by Gasteiger charge is -2.19. The fourth-order valence-corrected chi connectivity index (χ4v) is 2.49. The van der Waals surface area contributed by atoms with Gasteiger partial charge < -0.3 is 4.74 Å². The van der Waals surface area contributed by atoms with Gasteiger partial charge in [0.25, 0.3) is 0 Å². The van der Waals surface area contributed by atoms with E-state index in [1.54, 1.807) is 12.1 Å². The number of hydrazine groups is 1. The Morgan fingerprint density at radius 1 is 1.56 bits per heavy atom. The van der Waals surface area contributed by atoms with Crippen molar-refractivity contribution in [2.75, 3.05) is 13.2 Å². The molecule has 2 rings (SSSR count). The van der Waals surface area contributed by atoms with E-state index in [1.807, 2.05) is 0 Å². The Balaban J connectivity index is 1.96. The van der Waals surface area contributed by atoms with E-state index in [1.165, 1.54) is 6.07 Å². The predicted molar refractivity (Wildman–Crippen MR) is 69.8 cm³/mol. The van der Waals surface area contributed by atoms with Crippen LogP contribution in [0.5, 0.6) is 0 Å². The molecule has 1 fully saturated rings. The first-order valence-electron chi connectivity index (χ1n) is 6.17. The van der Waals surface area contributed by atoms with Crippen molar-refractivity contribution in [1.29, 1.82) is 0 Å². The quantitative estimate of drug-likeness (QED) is 0.639. The molecular formula is C13H18ClFN2O. The Kier molecular flexibility index (Phi) is 4.95. The highest BCUT2D eigenvalue weighted by molar-refractivity contribution is 6.30. The van der Waals surface area contributed by atoms with E-state index in [2.05, 4.69) is 5.43 Å². The molecule has 0 aromatic heterocycles. The summed E-state index contributed by atoms with van der Waals surface area (Å²) in [4.78, 5) is 0. The molecule has 1 aromatic carbocycles. The fourth-order valence-electron chi connectivity index (χ4n) is 2.33. The summed E-state index contributed by atoms with van der Waals surface area (Å²) < 4.78 is 19.0. The Hall–Kier alpha value is -0.680. The summed E-state index contributed by atoms with van der Waals surface area (Å²) in [7, 11) is 0. The minimum atomic E-state index is -0.273. The summed E-state index contributed by atoms with van der Waals surface area (Å²) >= 11 is 5.73. The second kappa shape index (κ2) is 6.48. The highest BCUT2D eigenvalue weighted by atomic mass is 35.5. The van der Waals surface area contributed by atoms with Gasteiger partial charge in [-0.15, -0.1) is 0 Å². The molecule has 2 atom stereocenters. The Morgan fingerprint density at radius 2 is 2.39 bits per heavy atom. The van der Waals surface area contributed by atoms with Gasteiger partial charge in [-0.05, 0) is 42.9 Å². The van der Waals surface area contributed by atoms with Gasteiger partial charge in [-0.1, -0.05) is 17.7 Å². The molecule has 3 N–H and O–H groups in total. The number of hydrogen-bond acceptors (Lipinski definition) is 3. The number of hydrogen-bond donors (Lipinski definition) is 2. The summed E-state index contributed by atoms with van der Waals surface area (Å²) in [6.07, 6.45) is 2.52. The standard InChI is InChI=1S/C13H18ClFN2O/c14-11-2-1-10(13(15)7-11)6-12(17-16)5-9-3-4-18-8-9/h1-2,7,9,12,17H,3-6,8,16H2. The molecule has 1 aliphatic heterocycles. The maximum absolute atomic E-state index is 13.7. The van der Waals surface area contributed by atoms with E-state index in [4.69, 9.17) is 22.2 Å². The topological polar surface area (TPSA) is 47.3 Å². The van der Waals surface area contributed by atoms with Crippen molar-refractivity contribution >= 4 is 11.6 Å². The zero-order valence-electron chi connectivity index (χ0n) is 10.2. The molecule has 1 saturated heterocycles. The molecule has 18 heavy (non-hydrogen) atoms. The minimum Gasteiger partial charge on any atom is -0.381 e. The van der Waals surface area contributed by atoms with Crippen molar-refractivity contribution in [3.05, 3.63) is 34.6 Å². The van der Waals surface area contributed by atoms with Gasteiger partial charge in [0.2, 0.25) is 0 Å². The molecular weight excluding hydrogens is 255 g/mol. The van der Waals surface area contributed by atoms with Crippen LogP contribution in [0.15, 0.2) is 18.2 Å². The van der Waals surface area contributed by atoms with E-state index in [0.717, 1.165) is 26.1 Å². The van der Waals surface area contributed by atoms with Gasteiger partial charge in [-0.2, -0.15) is 0 Å². The van der Waals surface area contributed by atoms with Crippen molar-refractivity contribution in [3.63, 3.8) is 0 Å². The number of nitrogens with one attached hydrogen (secondary N) is 1. The number of halogens is 2. The number of ether oxygens (including phenoxy) is 1. The van der Waals surface area contributed by atoms with Crippen molar-refractivity contribution in [3.8, 4) is 0 Å². The second-order valence-corrected chi connectivity index (χ2v) is 5.21. The molecule has 0 bridgehead atoms. The summed E-state index contributed by atoms with van der Waals surface area (Å²) in [6, 6.07) is 4.81. The van der Waals surface area contributed by atoms with E-state index in [9.17, 15) is 4.39 Å². The first kappa shape index (κ1) is 13.7. The van der Waals surface area contributed by atoms with Gasteiger partial charge in [-0.25, -0.2) is 4.39 Å². The second-order valence-electron chi connectivity index (χ2n) is 4.77. The SMILES string of the molecule is NNC(Cc1ccc(Cl)cc1F)CC1CCOC1. The van der Waals surface area contributed by atoms with Crippen LogP contribution < -0.4 is 11.3 Å². The largest absolute Gasteiger partial charge is 0.381 e. The Bertz CT molecular complexity index is 397. The molecule has 0 saturated carbocycles. The summed E-state index contributed by atoms with van der Waals surface area (Å²) in [6.45, 7) is 1.60. The first-order chi connectivity index (χ1) is 8.69. The zero-order valence-corrected chi connectivity index (χ0v) is 10.9. The van der Waals surface area contributed by atoms with Crippen molar-refractivity contribution in [1.82, 2.24) is 5.43 Å². The molecule has 2 unspecified atom stereocenters. The van der Waals surface area contributed by atoms with E-state index >= 15 is 0 Å². The Labute approximate surface area is 111 Å². The molecule has 0 aliphatic carbocycles. The maximum atomic E-state index is 13.7. The van der Waals surface area contributed by atoms with Crippen molar-refractivity contribution in [2.24, 2.45) is 11.8 Å². The maximum Gasteiger partial charge on any atom is 0.127 e. The van der Waals surface area contributed by atoms with Crippen molar-refractivity contribution in [2.45, 2.75) is 25.3 Å². The molecule has 5 heteroatoms. The molecule has 1 aromatic rings. The lowest BCUT2D eigenvalue weighted by atomic mass is 9.95. The molecule has 1 aliphatic rings. The van der Waals surface area contributed by atoms with Gasteiger partial charge in [0.1, 0.15) is 5.82 Å². The van der Waals surface area contributed by atoms with Gasteiger partial charge in [0.15, 0.2) is 0 Å². The number of benzene rings is 1. The molecule has 3 nitrogen and oxygen atoms in total. The number of nitrogens with two attached hydrogens (primary N) is 1. The van der Waals surface area contributed by atoms with Crippen LogP contribution >= 0.6 is 11.6 Å². The predicted octanol–water partition coefficient (Wildman–Crippen LogP) is 2.28. The monoisotopic (exact) mass is 272 g/mol. The lowest BCUT2D eigenvalue weighted by molar-refractivity contribution is 0.181. The van der Waals surface area contributed by atoms with Gasteiger partial charge in [0.05, 0.1) is 0 Å². The first-order valence-corrected chi connectivity index (χ1v) is 6.54. The molecule has 0 radical (unpaired) electrons. The molecule has 0 amide bonds. The average molecular weight is 273 g/mol. The summed E-state index contributed by atoms with van der Waals surface area (Å²) in [5.41, 5.74) is 3.40. The number of rotatable bonds is 5. The van der Waals surface area contributed by atoms with E-state index in [0.29, 0.717) is 22.9 Å². The normalized spacial score (nSPS) is 21.2. The fraction of sp³-hybridized carbons (Fsp3) is 0.538. The average Bonchev–Trinajstić information content (AvgIpc) is 2.84. The van der Waals surface area contributed by atoms with Gasteiger partial charge in [0, 0.05) is 24.3 Å². The van der Waals surface area contributed by atoms with E-state index in [-0.39, 0.29) is 11.9 Å². The van der Waals surface area contributed by atoms with Crippen LogP contribution in [0.2, 0.25) is 5.02 Å². The van der Waals surface area contributed by atoms with Crippen LogP contribution in [0.1, 0.15) is 18.4 Å². The highest BCUT2D eigenvalue weighted by Gasteiger charge is 2.21. The molecule has 0 spiro atoms. The van der Waals surface area contributed by atoms with E-state index < -0.39 is 0 Å². The van der Waals surface area contributed by atoms with Crippen LogP contribution in [0, 0.1) is 11.7 Å². The van der Waals surface area contributed by atoms with Crippen LogP contribution in [0.4, 0.5) is 4.39 Å². The third-order valence-electron chi connectivity index (χ3n) is 3.36. The Morgan fingerprint density at radius 3 is 3.00 bits per heavy atom. The van der Waals surface area contributed by atoms with Crippen LogP contribution in [0.3, 0.4) is 0 Å². The smallest absolute Gasteiger partial charge is 0.127 e. The zero-order chi connectivity index (χ0) is 13.0. The third-order valence-corrected chi connectivity index (χ3v) is 3.59. The lowest BCUT2D eigenvalue weighted by Crippen LogP contribution is -2.38. The molecule has 100 valence electrons. The summed E-state index contributed by atoms with van der Waals surface area (Å²) in [5.74, 6) is 5.78. The van der Waals surface area contributed by atoms with Gasteiger partial charge in [-0.3, -0.25) is 11.3 Å². The minimum absolute atomic E-state index is 0.0624. The van der Waals surface area contributed by atoms with Crippen LogP contribution in [-0.2, 0) is 11.2 Å². The third kappa shape index (κ3) is 3.65. The van der Waals surface area contributed by atoms with Crippen LogP contribution in [-0.4, -0.2) is 19.3 Å². The highest BCUT2D eigenvalue weighted by Crippen LogP contribution is 2.21. The van der Waals surface area contributed by atoms with Crippen molar-refractivity contribution < 1.29 is 9.13 Å². The summed E-state index contributed by atoms with van der Waals surface area (Å²) in [5, 5.41) is 0.415. The van der Waals surface area contributed by atoms with Gasteiger partial charge >= 0.3 is 0 Å². The van der Waals surface area contributed by atoms with Crippen LogP contribution in [0.25, 0.3) is 0 Å².